The van der Waals surface area contributed by atoms with Gasteiger partial charge in [0.15, 0.2) is 0 Å². The maximum Gasteiger partial charge on any atom is 0.227 e. The van der Waals surface area contributed by atoms with Crippen LogP contribution in [0, 0.1) is 5.92 Å². The molecule has 0 fully saturated rings. The van der Waals surface area contributed by atoms with Crippen molar-refractivity contribution in [2.24, 2.45) is 5.92 Å². The van der Waals surface area contributed by atoms with Gasteiger partial charge in [-0.2, -0.15) is 0 Å². The van der Waals surface area contributed by atoms with Crippen LogP contribution in [0.2, 0.25) is 0 Å². The molecular formula is C19H22N4O2. The first kappa shape index (κ1) is 15.9. The maximum atomic E-state index is 12.3. The van der Waals surface area contributed by atoms with E-state index in [2.05, 4.69) is 20.2 Å². The highest BCUT2D eigenvalue weighted by Crippen LogP contribution is 2.27. The summed E-state index contributed by atoms with van der Waals surface area (Å²) in [4.78, 5) is 28.8. The normalized spacial score (nSPS) is 21.8. The minimum absolute atomic E-state index is 0.0206. The maximum absolute atomic E-state index is 12.3. The quantitative estimate of drug-likeness (QED) is 0.894. The van der Waals surface area contributed by atoms with Crippen molar-refractivity contribution in [2.75, 3.05) is 5.32 Å². The number of nitrogens with zero attached hydrogens (tertiary/aromatic N) is 2. The third kappa shape index (κ3) is 3.43. The highest BCUT2D eigenvalue weighted by molar-refractivity contribution is 5.96. The Morgan fingerprint density at radius 2 is 2.24 bits per heavy atom. The summed E-state index contributed by atoms with van der Waals surface area (Å²) in [5, 5.41) is 6.05. The van der Waals surface area contributed by atoms with E-state index in [9.17, 15) is 9.59 Å². The summed E-state index contributed by atoms with van der Waals surface area (Å²) in [5.74, 6) is 1.00. The molecule has 0 bridgehead atoms. The lowest BCUT2D eigenvalue weighted by molar-refractivity contribution is -0.123. The molecule has 2 aliphatic rings. The number of imidazole rings is 1. The lowest BCUT2D eigenvalue weighted by atomic mass is 9.89. The molecule has 3 heterocycles. The van der Waals surface area contributed by atoms with Crippen LogP contribution in [-0.2, 0) is 29.0 Å². The largest absolute Gasteiger partial charge is 0.352 e. The van der Waals surface area contributed by atoms with Crippen LogP contribution in [0.5, 0.6) is 0 Å². The Balaban J connectivity index is 1.29. The second kappa shape index (κ2) is 6.70. The second-order valence-corrected chi connectivity index (χ2v) is 6.89. The van der Waals surface area contributed by atoms with Gasteiger partial charge in [0.2, 0.25) is 11.8 Å². The summed E-state index contributed by atoms with van der Waals surface area (Å²) in [6, 6.07) is 8.00. The molecule has 0 spiro atoms. The zero-order valence-corrected chi connectivity index (χ0v) is 14.1. The van der Waals surface area contributed by atoms with E-state index in [1.54, 1.807) is 6.20 Å². The predicted octanol–water partition coefficient (Wildman–Crippen LogP) is 1.91. The molecule has 2 amide bonds. The third-order valence-electron chi connectivity index (χ3n) is 5.13. The molecule has 0 radical (unpaired) electrons. The monoisotopic (exact) mass is 338 g/mol. The first-order chi connectivity index (χ1) is 12.2. The minimum Gasteiger partial charge on any atom is -0.352 e. The van der Waals surface area contributed by atoms with Crippen molar-refractivity contribution in [1.82, 2.24) is 14.9 Å². The molecule has 0 saturated carbocycles. The molecule has 2 aromatic rings. The van der Waals surface area contributed by atoms with Crippen LogP contribution >= 0.6 is 0 Å². The number of carbonyl (C=O) groups excluding carboxylic acids is 2. The fraction of sp³-hybridized carbons (Fsp3) is 0.421. The van der Waals surface area contributed by atoms with E-state index in [1.807, 2.05) is 30.5 Å². The number of hydrogen-bond acceptors (Lipinski definition) is 3. The third-order valence-corrected chi connectivity index (χ3v) is 5.13. The van der Waals surface area contributed by atoms with E-state index in [0.29, 0.717) is 19.3 Å². The van der Waals surface area contributed by atoms with E-state index >= 15 is 0 Å². The summed E-state index contributed by atoms with van der Waals surface area (Å²) in [6.07, 6.45) is 7.23. The second-order valence-electron chi connectivity index (χ2n) is 6.89. The van der Waals surface area contributed by atoms with E-state index in [4.69, 9.17) is 0 Å². The van der Waals surface area contributed by atoms with Crippen LogP contribution in [0.25, 0.3) is 0 Å². The summed E-state index contributed by atoms with van der Waals surface area (Å²) in [7, 11) is 0. The van der Waals surface area contributed by atoms with Gasteiger partial charge in [0.25, 0.3) is 0 Å². The van der Waals surface area contributed by atoms with E-state index in [0.717, 1.165) is 36.5 Å². The molecule has 2 N–H and O–H groups in total. The smallest absolute Gasteiger partial charge is 0.227 e. The molecule has 25 heavy (non-hydrogen) atoms. The van der Waals surface area contributed by atoms with Crippen molar-refractivity contribution in [3.8, 4) is 0 Å². The van der Waals surface area contributed by atoms with Crippen molar-refractivity contribution in [3.63, 3.8) is 0 Å². The van der Waals surface area contributed by atoms with Gasteiger partial charge < -0.3 is 15.2 Å². The summed E-state index contributed by atoms with van der Waals surface area (Å²) >= 11 is 0. The van der Waals surface area contributed by atoms with Crippen LogP contribution in [-0.4, -0.2) is 27.4 Å². The van der Waals surface area contributed by atoms with Crippen LogP contribution in [0.15, 0.2) is 36.7 Å². The van der Waals surface area contributed by atoms with Gasteiger partial charge in [0.05, 0.1) is 0 Å². The number of fused-ring (bicyclic) bond motifs is 2. The Morgan fingerprint density at radius 1 is 1.36 bits per heavy atom. The highest BCUT2D eigenvalue weighted by Gasteiger charge is 2.27. The van der Waals surface area contributed by atoms with Crippen molar-refractivity contribution in [1.29, 1.82) is 0 Å². The summed E-state index contributed by atoms with van der Waals surface area (Å²) in [5.41, 5.74) is 2.04. The van der Waals surface area contributed by atoms with Gasteiger partial charge in [-0.25, -0.2) is 4.98 Å². The van der Waals surface area contributed by atoms with Gasteiger partial charge in [-0.1, -0.05) is 18.2 Å². The van der Waals surface area contributed by atoms with E-state index < -0.39 is 0 Å². The molecule has 6 heteroatoms. The number of amides is 2. The fourth-order valence-corrected chi connectivity index (χ4v) is 3.74. The molecule has 1 aromatic carbocycles. The molecule has 0 saturated heterocycles. The Hall–Kier alpha value is -2.63. The van der Waals surface area contributed by atoms with Crippen LogP contribution < -0.4 is 10.6 Å². The summed E-state index contributed by atoms with van der Waals surface area (Å²) < 4.78 is 2.10. The number of benzene rings is 1. The van der Waals surface area contributed by atoms with Crippen LogP contribution in [0.1, 0.15) is 30.7 Å². The molecular weight excluding hydrogens is 316 g/mol. The Morgan fingerprint density at radius 3 is 3.16 bits per heavy atom. The topological polar surface area (TPSA) is 76.0 Å². The van der Waals surface area contributed by atoms with Gasteiger partial charge >= 0.3 is 0 Å². The average Bonchev–Trinajstić information content (AvgIpc) is 3.07. The summed E-state index contributed by atoms with van der Waals surface area (Å²) in [6.45, 7) is 0.776. The van der Waals surface area contributed by atoms with Crippen LogP contribution in [0.3, 0.4) is 0 Å². The lowest BCUT2D eigenvalue weighted by Crippen LogP contribution is -2.41. The minimum atomic E-state index is -0.132. The predicted molar refractivity (Wildman–Crippen MR) is 94.0 cm³/mol. The number of rotatable bonds is 4. The molecule has 4 rings (SSSR count). The van der Waals surface area contributed by atoms with E-state index in [-0.39, 0.29) is 23.8 Å². The molecule has 0 aliphatic carbocycles. The number of para-hydroxylation sites is 1. The van der Waals surface area contributed by atoms with E-state index in [1.165, 1.54) is 0 Å². The molecule has 2 aliphatic heterocycles. The number of nitrogens with one attached hydrogen (secondary N) is 2. The number of anilines is 1. The average molecular weight is 338 g/mol. The van der Waals surface area contributed by atoms with Gasteiger partial charge in [-0.15, -0.1) is 0 Å². The van der Waals surface area contributed by atoms with Crippen LogP contribution in [0.4, 0.5) is 5.69 Å². The first-order valence-electron chi connectivity index (χ1n) is 8.87. The zero-order chi connectivity index (χ0) is 17.2. The van der Waals surface area contributed by atoms with Crippen molar-refractivity contribution >= 4 is 17.5 Å². The highest BCUT2D eigenvalue weighted by atomic mass is 16.2. The Labute approximate surface area is 146 Å². The van der Waals surface area contributed by atoms with Crippen molar-refractivity contribution in [3.05, 3.63) is 48.0 Å². The lowest BCUT2D eigenvalue weighted by Gasteiger charge is -2.26. The standard InChI is InChI=1S/C19H22N4O2/c24-18(21-15-6-7-17-20-9-10-23(17)12-15)8-5-14-11-13-3-1-2-4-16(13)22-19(14)25/h1-4,9-10,14-15H,5-8,11-12H2,(H,21,24)(H,22,25)/t14-,15-/m1/s1. The van der Waals surface area contributed by atoms with Gasteiger partial charge in [-0.05, 0) is 30.9 Å². The molecule has 2 atom stereocenters. The van der Waals surface area contributed by atoms with Gasteiger partial charge in [-0.3, -0.25) is 9.59 Å². The number of carbonyl (C=O) groups is 2. The Kier molecular flexibility index (Phi) is 4.26. The molecule has 130 valence electrons. The SMILES string of the molecule is O=C(CC[C@@H]1Cc2ccccc2NC1=O)N[C@@H]1CCc2nccn2C1. The zero-order valence-electron chi connectivity index (χ0n) is 14.1. The number of aromatic nitrogens is 2. The van der Waals surface area contributed by atoms with Gasteiger partial charge in [0, 0.05) is 49.4 Å². The molecule has 0 unspecified atom stereocenters. The Bertz CT molecular complexity index is 798. The molecule has 6 nitrogen and oxygen atoms in total. The fourth-order valence-electron chi connectivity index (χ4n) is 3.74. The number of aryl methyl sites for hydroxylation is 1. The molecule has 1 aromatic heterocycles. The van der Waals surface area contributed by atoms with Crippen molar-refractivity contribution < 1.29 is 9.59 Å². The first-order valence-corrected chi connectivity index (χ1v) is 8.87. The van der Waals surface area contributed by atoms with Crippen molar-refractivity contribution in [2.45, 2.75) is 44.7 Å². The van der Waals surface area contributed by atoms with Gasteiger partial charge in [0.1, 0.15) is 5.82 Å². The number of hydrogen-bond donors (Lipinski definition) is 2.